The van der Waals surface area contributed by atoms with E-state index in [4.69, 9.17) is 4.98 Å². The summed E-state index contributed by atoms with van der Waals surface area (Å²) in [5.41, 5.74) is 1.80. The molecule has 218 valence electrons. The van der Waals surface area contributed by atoms with Gasteiger partial charge in [0.15, 0.2) is 0 Å². The lowest BCUT2D eigenvalue weighted by Gasteiger charge is -2.36. The Morgan fingerprint density at radius 3 is 2.73 bits per heavy atom. The summed E-state index contributed by atoms with van der Waals surface area (Å²) in [5, 5.41) is 7.11. The molecule has 3 aliphatic rings. The smallest absolute Gasteiger partial charge is 0.245 e. The second kappa shape index (κ2) is 11.8. The molecule has 4 heterocycles. The van der Waals surface area contributed by atoms with Crippen molar-refractivity contribution in [3.8, 4) is 0 Å². The van der Waals surface area contributed by atoms with E-state index < -0.39 is 6.04 Å². The molecule has 41 heavy (non-hydrogen) atoms. The van der Waals surface area contributed by atoms with Crippen LogP contribution in [0, 0.1) is 15.4 Å². The van der Waals surface area contributed by atoms with Crippen LogP contribution in [0.4, 0.5) is 10.3 Å². The lowest BCUT2D eigenvalue weighted by molar-refractivity contribution is -0.139. The molecular formula is C30H37FIN7O2. The third-order valence-corrected chi connectivity index (χ3v) is 9.96. The number of carbonyl (C=O) groups is 2. The lowest BCUT2D eigenvalue weighted by Crippen LogP contribution is -2.57. The van der Waals surface area contributed by atoms with Crippen LogP contribution in [-0.4, -0.2) is 76.0 Å². The Hall–Kier alpha value is -2.80. The van der Waals surface area contributed by atoms with Crippen molar-refractivity contribution < 1.29 is 14.0 Å². The third-order valence-electron chi connectivity index (χ3n) is 9.36. The topological polar surface area (TPSA) is 106 Å². The minimum Gasteiger partial charge on any atom is -0.361 e. The summed E-state index contributed by atoms with van der Waals surface area (Å²) in [5.74, 6) is 0.309. The molecule has 9 nitrogen and oxygen atoms in total. The number of carbonyl (C=O) groups excluding carboxylic acids is 2. The number of nitrogens with zero attached hydrogens (tertiary/aromatic N) is 4. The number of H-pyrrole nitrogens is 1. The number of hydrogen-bond donors (Lipinski definition) is 3. The summed E-state index contributed by atoms with van der Waals surface area (Å²) in [7, 11) is 1.75. The van der Waals surface area contributed by atoms with Crippen LogP contribution in [0.2, 0.25) is 0 Å². The maximum absolute atomic E-state index is 14.5. The Kier molecular flexibility index (Phi) is 8.17. The molecule has 5 atom stereocenters. The highest BCUT2D eigenvalue weighted by Crippen LogP contribution is 2.45. The molecule has 1 aliphatic carbocycles. The number of likely N-dealkylation sites (tertiary alicyclic amines) is 1. The Morgan fingerprint density at radius 1 is 1.17 bits per heavy atom. The molecule has 3 N–H and O–H groups in total. The number of nitrogens with one attached hydrogen (secondary N) is 3. The van der Waals surface area contributed by atoms with E-state index in [1.54, 1.807) is 13.2 Å². The monoisotopic (exact) mass is 673 g/mol. The van der Waals surface area contributed by atoms with Crippen LogP contribution in [-0.2, 0) is 9.59 Å². The number of benzene rings is 1. The summed E-state index contributed by atoms with van der Waals surface area (Å²) >= 11 is 2.20. The summed E-state index contributed by atoms with van der Waals surface area (Å²) in [6.07, 6.45) is 9.71. The first-order valence-electron chi connectivity index (χ1n) is 14.7. The number of rotatable bonds is 7. The molecule has 6 rings (SSSR count). The minimum absolute atomic E-state index is 0.00218. The zero-order valence-electron chi connectivity index (χ0n) is 23.4. The predicted octanol–water partition coefficient (Wildman–Crippen LogP) is 3.95. The maximum Gasteiger partial charge on any atom is 0.245 e. The van der Waals surface area contributed by atoms with Gasteiger partial charge in [0.05, 0.1) is 18.1 Å². The molecule has 11 heteroatoms. The van der Waals surface area contributed by atoms with Crippen molar-refractivity contribution in [1.29, 1.82) is 0 Å². The molecule has 0 radical (unpaired) electrons. The molecule has 3 aromatic rings. The molecule has 1 saturated carbocycles. The highest BCUT2D eigenvalue weighted by Gasteiger charge is 2.53. The van der Waals surface area contributed by atoms with Crippen molar-refractivity contribution in [3.05, 3.63) is 51.7 Å². The molecule has 2 aromatic heterocycles. The first-order chi connectivity index (χ1) is 19.9. The van der Waals surface area contributed by atoms with Crippen LogP contribution in [0.5, 0.6) is 0 Å². The normalized spacial score (nSPS) is 24.4. The zero-order valence-corrected chi connectivity index (χ0v) is 25.6. The van der Waals surface area contributed by atoms with Gasteiger partial charge in [-0.05, 0) is 91.6 Å². The Bertz CT molecular complexity index is 1430. The molecule has 0 spiro atoms. The Labute approximate surface area is 253 Å². The number of fused-ring (bicyclic) bond motifs is 2. The van der Waals surface area contributed by atoms with Gasteiger partial charge in [-0.1, -0.05) is 19.3 Å². The van der Waals surface area contributed by atoms with Gasteiger partial charge in [0.2, 0.25) is 17.8 Å². The average molecular weight is 674 g/mol. The number of hydrogen-bond acceptors (Lipinski definition) is 6. The summed E-state index contributed by atoms with van der Waals surface area (Å²) in [6, 6.07) is 5.66. The average Bonchev–Trinajstić information content (AvgIpc) is 3.69. The lowest BCUT2D eigenvalue weighted by atomic mass is 9.82. The predicted molar refractivity (Wildman–Crippen MR) is 164 cm³/mol. The molecule has 1 aromatic carbocycles. The van der Waals surface area contributed by atoms with E-state index in [2.05, 4.69) is 48.1 Å². The van der Waals surface area contributed by atoms with Crippen LogP contribution in [0.25, 0.3) is 10.9 Å². The number of likely N-dealkylation sites (N-methyl/N-ethyl adjacent to an activating group) is 1. The van der Waals surface area contributed by atoms with Gasteiger partial charge in [-0.3, -0.25) is 9.59 Å². The summed E-state index contributed by atoms with van der Waals surface area (Å²) in [4.78, 5) is 44.5. The minimum atomic E-state index is -0.557. The third kappa shape index (κ3) is 5.42. The molecule has 3 fully saturated rings. The largest absolute Gasteiger partial charge is 0.361 e. The first kappa shape index (κ1) is 28.3. The van der Waals surface area contributed by atoms with Crippen LogP contribution < -0.4 is 15.5 Å². The zero-order chi connectivity index (χ0) is 28.7. The fraction of sp³-hybridized carbons (Fsp3) is 0.533. The second-order valence-corrected chi connectivity index (χ2v) is 12.8. The van der Waals surface area contributed by atoms with Crippen molar-refractivity contribution in [2.45, 2.75) is 75.5 Å². The number of aromatic amines is 1. The van der Waals surface area contributed by atoms with Crippen molar-refractivity contribution >= 4 is 51.3 Å². The highest BCUT2D eigenvalue weighted by atomic mass is 127. The van der Waals surface area contributed by atoms with E-state index in [1.807, 2.05) is 30.2 Å². The van der Waals surface area contributed by atoms with E-state index in [-0.39, 0.29) is 47.6 Å². The van der Waals surface area contributed by atoms with Gasteiger partial charge in [-0.25, -0.2) is 14.4 Å². The number of aromatic nitrogens is 3. The first-order valence-corrected chi connectivity index (χ1v) is 15.7. The van der Waals surface area contributed by atoms with Gasteiger partial charge in [0, 0.05) is 42.3 Å². The van der Waals surface area contributed by atoms with Crippen molar-refractivity contribution in [2.75, 3.05) is 25.0 Å². The van der Waals surface area contributed by atoms with Crippen LogP contribution >= 0.6 is 22.6 Å². The summed E-state index contributed by atoms with van der Waals surface area (Å²) < 4.78 is 14.9. The van der Waals surface area contributed by atoms with E-state index in [0.29, 0.717) is 19.0 Å². The van der Waals surface area contributed by atoms with Crippen molar-refractivity contribution in [2.24, 2.45) is 5.92 Å². The van der Waals surface area contributed by atoms with Crippen LogP contribution in [0.15, 0.2) is 36.7 Å². The Balaban J connectivity index is 1.37. The summed E-state index contributed by atoms with van der Waals surface area (Å²) in [6.45, 7) is 3.05. The Morgan fingerprint density at radius 2 is 1.98 bits per heavy atom. The number of halogens is 2. The number of anilines is 1. The molecule has 2 saturated heterocycles. The SMILES string of the molecule is CN[C@@H](C)C(=O)N[C@H](C(=O)N1CC[C@@H]2[C@H]1[C@@H](c1c[nH]c3cc(F)ccc13)CN2c1nccc(I)n1)C1CCCCC1. The van der Waals surface area contributed by atoms with Crippen LogP contribution in [0.1, 0.15) is 56.9 Å². The standard InChI is InChI=1S/C30H37FIN7O2/c1-17(33-2)28(40)37-26(18-6-4-3-5-7-18)29(41)38-13-11-24-27(38)22(16-39(24)30-34-12-10-25(32)36-30)21-15-35-23-14-19(31)8-9-20(21)23/h8-10,12,14-15,17-18,22,24,26-27,33,35H,3-7,11,13,16H2,1-2H3,(H,37,40)/t17-,22+,24+,26-,27+/m0/s1. The molecule has 2 aliphatic heterocycles. The molecule has 0 unspecified atom stereocenters. The van der Waals surface area contributed by atoms with Gasteiger partial charge >= 0.3 is 0 Å². The van der Waals surface area contributed by atoms with E-state index in [1.165, 1.54) is 18.6 Å². The van der Waals surface area contributed by atoms with Gasteiger partial charge in [-0.15, -0.1) is 0 Å². The maximum atomic E-state index is 14.5. The number of amides is 2. The molecule has 2 amide bonds. The van der Waals surface area contributed by atoms with E-state index >= 15 is 0 Å². The van der Waals surface area contributed by atoms with Gasteiger partial charge in [0.25, 0.3) is 0 Å². The van der Waals surface area contributed by atoms with Crippen molar-refractivity contribution in [3.63, 3.8) is 0 Å². The second-order valence-electron chi connectivity index (χ2n) is 11.6. The quantitative estimate of drug-likeness (QED) is 0.259. The van der Waals surface area contributed by atoms with Gasteiger partial charge in [0.1, 0.15) is 15.6 Å². The van der Waals surface area contributed by atoms with E-state index in [9.17, 15) is 14.0 Å². The van der Waals surface area contributed by atoms with Crippen LogP contribution in [0.3, 0.4) is 0 Å². The van der Waals surface area contributed by atoms with E-state index in [0.717, 1.165) is 52.3 Å². The van der Waals surface area contributed by atoms with Crippen molar-refractivity contribution in [1.82, 2.24) is 30.5 Å². The fourth-order valence-corrected chi connectivity index (χ4v) is 7.56. The van der Waals surface area contributed by atoms with Gasteiger partial charge < -0.3 is 25.4 Å². The molecular weight excluding hydrogens is 636 g/mol. The highest BCUT2D eigenvalue weighted by molar-refractivity contribution is 14.1. The molecule has 0 bridgehead atoms. The van der Waals surface area contributed by atoms with Gasteiger partial charge in [-0.2, -0.15) is 0 Å². The fourth-order valence-electron chi connectivity index (χ4n) is 7.18.